The molecule has 0 radical (unpaired) electrons. The van der Waals surface area contributed by atoms with Crippen LogP contribution in [0.5, 0.6) is 0 Å². The Balaban J connectivity index is 2.10. The van der Waals surface area contributed by atoms with Crippen LogP contribution >= 0.6 is 0 Å². The molecule has 1 fully saturated rings. The van der Waals surface area contributed by atoms with Gasteiger partial charge in [-0.3, -0.25) is 0 Å². The molecule has 0 amide bonds. The molecule has 4 nitrogen and oxygen atoms in total. The summed E-state index contributed by atoms with van der Waals surface area (Å²) in [6.07, 6.45) is 2.25. The number of hydrazine groups is 1. The van der Waals surface area contributed by atoms with Crippen LogP contribution in [0.3, 0.4) is 0 Å². The van der Waals surface area contributed by atoms with Gasteiger partial charge in [-0.2, -0.15) is 0 Å². The van der Waals surface area contributed by atoms with Gasteiger partial charge in [-0.1, -0.05) is 13.8 Å². The number of nitrogens with one attached hydrogen (secondary N) is 2. The summed E-state index contributed by atoms with van der Waals surface area (Å²) >= 11 is 0. The number of hydrogen-bond acceptors (Lipinski definition) is 4. The molecule has 1 aliphatic carbocycles. The van der Waals surface area contributed by atoms with Gasteiger partial charge in [-0.25, -0.2) is 19.6 Å². The van der Waals surface area contributed by atoms with Gasteiger partial charge in [0.1, 0.15) is 0 Å². The normalized spacial score (nSPS) is 16.8. The van der Waals surface area contributed by atoms with E-state index < -0.39 is 11.6 Å². The van der Waals surface area contributed by atoms with E-state index in [1.54, 1.807) is 0 Å². The van der Waals surface area contributed by atoms with E-state index in [2.05, 4.69) is 29.6 Å². The predicted molar refractivity (Wildman–Crippen MR) is 67.0 cm³/mol. The van der Waals surface area contributed by atoms with Gasteiger partial charge in [0.25, 0.3) is 0 Å². The first-order valence-corrected chi connectivity index (χ1v) is 6.05. The maximum atomic E-state index is 13.5. The van der Waals surface area contributed by atoms with Gasteiger partial charge < -0.3 is 10.7 Å². The first kappa shape index (κ1) is 13.0. The lowest BCUT2D eigenvalue weighted by atomic mass is 9.92. The first-order chi connectivity index (χ1) is 8.48. The summed E-state index contributed by atoms with van der Waals surface area (Å²) in [5.41, 5.74) is 2.33. The van der Waals surface area contributed by atoms with Crippen LogP contribution in [-0.4, -0.2) is 11.5 Å². The van der Waals surface area contributed by atoms with Crippen LogP contribution in [0, 0.1) is 23.0 Å². The zero-order chi connectivity index (χ0) is 13.3. The van der Waals surface area contributed by atoms with E-state index in [1.165, 1.54) is 0 Å². The molecule has 0 saturated heterocycles. The molecular formula is C12H18F2N4. The molecule has 1 aromatic rings. The van der Waals surface area contributed by atoms with Crippen LogP contribution < -0.4 is 16.6 Å². The van der Waals surface area contributed by atoms with E-state index in [0.717, 1.165) is 18.9 Å². The van der Waals surface area contributed by atoms with Gasteiger partial charge in [0.15, 0.2) is 23.3 Å². The second-order valence-corrected chi connectivity index (χ2v) is 5.16. The summed E-state index contributed by atoms with van der Waals surface area (Å²) in [4.78, 5) is 3.78. The second-order valence-electron chi connectivity index (χ2n) is 5.16. The SMILES string of the molecule is CC(C)C1(CNc2nc(NN)c(F)cc2F)CC1. The van der Waals surface area contributed by atoms with E-state index in [-0.39, 0.29) is 17.1 Å². The Hall–Kier alpha value is -1.43. The summed E-state index contributed by atoms with van der Waals surface area (Å²) in [7, 11) is 0. The standard InChI is InChI=1S/C12H18F2N4/c1-7(2)12(3-4-12)6-16-10-8(13)5-9(14)11(17-10)18-15/h5,7H,3-4,6,15H2,1-2H3,(H2,16,17,18). The van der Waals surface area contributed by atoms with Crippen molar-refractivity contribution in [3.63, 3.8) is 0 Å². The van der Waals surface area contributed by atoms with Gasteiger partial charge in [0.2, 0.25) is 0 Å². The van der Waals surface area contributed by atoms with Crippen LogP contribution in [-0.2, 0) is 0 Å². The molecule has 18 heavy (non-hydrogen) atoms. The van der Waals surface area contributed by atoms with Crippen molar-refractivity contribution < 1.29 is 8.78 Å². The number of aromatic nitrogens is 1. The number of nitrogen functional groups attached to an aromatic ring is 1. The number of rotatable bonds is 5. The Morgan fingerprint density at radius 3 is 2.44 bits per heavy atom. The number of nitrogens with zero attached hydrogens (tertiary/aromatic N) is 1. The molecule has 0 unspecified atom stereocenters. The summed E-state index contributed by atoms with van der Waals surface area (Å²) in [6, 6.07) is 0.777. The maximum Gasteiger partial charge on any atom is 0.178 e. The van der Waals surface area contributed by atoms with Gasteiger partial charge in [0.05, 0.1) is 0 Å². The summed E-state index contributed by atoms with van der Waals surface area (Å²) in [5.74, 6) is 4.01. The smallest absolute Gasteiger partial charge is 0.178 e. The number of hydrogen-bond donors (Lipinski definition) is 3. The van der Waals surface area contributed by atoms with E-state index >= 15 is 0 Å². The topological polar surface area (TPSA) is 63.0 Å². The van der Waals surface area contributed by atoms with Crippen LogP contribution in [0.4, 0.5) is 20.4 Å². The molecule has 4 N–H and O–H groups in total. The van der Waals surface area contributed by atoms with E-state index in [0.29, 0.717) is 12.5 Å². The Labute approximate surface area is 105 Å². The van der Waals surface area contributed by atoms with Gasteiger partial charge in [-0.05, 0) is 24.2 Å². The van der Waals surface area contributed by atoms with Crippen molar-refractivity contribution >= 4 is 11.6 Å². The average Bonchev–Trinajstić information content (AvgIpc) is 3.09. The monoisotopic (exact) mass is 256 g/mol. The highest BCUT2D eigenvalue weighted by atomic mass is 19.1. The fourth-order valence-electron chi connectivity index (χ4n) is 2.07. The minimum atomic E-state index is -0.800. The van der Waals surface area contributed by atoms with Crippen molar-refractivity contribution in [3.8, 4) is 0 Å². The number of nitrogens with two attached hydrogens (primary N) is 1. The third kappa shape index (κ3) is 2.38. The summed E-state index contributed by atoms with van der Waals surface area (Å²) < 4.78 is 26.7. The highest BCUT2D eigenvalue weighted by molar-refractivity contribution is 5.47. The van der Waals surface area contributed by atoms with Crippen molar-refractivity contribution in [1.29, 1.82) is 0 Å². The van der Waals surface area contributed by atoms with Crippen LogP contribution in [0.15, 0.2) is 6.07 Å². The molecule has 1 heterocycles. The van der Waals surface area contributed by atoms with Crippen molar-refractivity contribution in [3.05, 3.63) is 17.7 Å². The zero-order valence-corrected chi connectivity index (χ0v) is 10.6. The highest BCUT2D eigenvalue weighted by Gasteiger charge is 2.45. The molecule has 0 aliphatic heterocycles. The summed E-state index contributed by atoms with van der Waals surface area (Å²) in [5, 5.41) is 2.95. The lowest BCUT2D eigenvalue weighted by molar-refractivity contribution is 0.379. The lowest BCUT2D eigenvalue weighted by Gasteiger charge is -2.20. The molecule has 0 bridgehead atoms. The van der Waals surface area contributed by atoms with Crippen LogP contribution in [0.25, 0.3) is 0 Å². The summed E-state index contributed by atoms with van der Waals surface area (Å²) in [6.45, 7) is 4.94. The lowest BCUT2D eigenvalue weighted by Crippen LogP contribution is -2.22. The average molecular weight is 256 g/mol. The fraction of sp³-hybridized carbons (Fsp3) is 0.583. The molecule has 0 aromatic carbocycles. The van der Waals surface area contributed by atoms with Crippen molar-refractivity contribution in [1.82, 2.24) is 4.98 Å². The number of anilines is 2. The van der Waals surface area contributed by atoms with Crippen molar-refractivity contribution in [2.75, 3.05) is 17.3 Å². The molecular weight excluding hydrogens is 238 g/mol. The molecule has 1 saturated carbocycles. The Morgan fingerprint density at radius 1 is 1.33 bits per heavy atom. The van der Waals surface area contributed by atoms with Crippen LogP contribution in [0.1, 0.15) is 26.7 Å². The zero-order valence-electron chi connectivity index (χ0n) is 10.6. The predicted octanol–water partition coefficient (Wildman–Crippen LogP) is 2.49. The Bertz CT molecular complexity index is 444. The van der Waals surface area contributed by atoms with E-state index in [9.17, 15) is 8.78 Å². The maximum absolute atomic E-state index is 13.5. The van der Waals surface area contributed by atoms with Gasteiger partial charge >= 0.3 is 0 Å². The first-order valence-electron chi connectivity index (χ1n) is 6.05. The highest BCUT2D eigenvalue weighted by Crippen LogP contribution is 2.51. The van der Waals surface area contributed by atoms with Gasteiger partial charge in [-0.15, -0.1) is 0 Å². The minimum Gasteiger partial charge on any atom is -0.367 e. The molecule has 2 rings (SSSR count). The number of pyridine rings is 1. The van der Waals surface area contributed by atoms with Crippen LogP contribution in [0.2, 0.25) is 0 Å². The fourth-order valence-corrected chi connectivity index (χ4v) is 2.07. The van der Waals surface area contributed by atoms with E-state index in [1.807, 2.05) is 0 Å². The number of halogens is 2. The molecule has 100 valence electrons. The third-order valence-corrected chi connectivity index (χ3v) is 3.79. The molecule has 6 heteroatoms. The molecule has 1 aliphatic rings. The molecule has 0 spiro atoms. The minimum absolute atomic E-state index is 0.0382. The Kier molecular flexibility index (Phi) is 3.38. The second kappa shape index (κ2) is 4.68. The van der Waals surface area contributed by atoms with E-state index in [4.69, 9.17) is 5.84 Å². The third-order valence-electron chi connectivity index (χ3n) is 3.79. The quantitative estimate of drug-likeness (QED) is 0.559. The van der Waals surface area contributed by atoms with Crippen molar-refractivity contribution in [2.24, 2.45) is 17.2 Å². The molecule has 1 aromatic heterocycles. The Morgan fingerprint density at radius 2 is 1.94 bits per heavy atom. The van der Waals surface area contributed by atoms with Gasteiger partial charge in [0, 0.05) is 12.6 Å². The molecule has 0 atom stereocenters. The largest absolute Gasteiger partial charge is 0.367 e. The van der Waals surface area contributed by atoms with Crippen molar-refractivity contribution in [2.45, 2.75) is 26.7 Å².